The van der Waals surface area contributed by atoms with Gasteiger partial charge < -0.3 is 30.2 Å². The molecule has 4 N–H and O–H groups in total. The lowest BCUT2D eigenvalue weighted by Gasteiger charge is -2.22. The Balaban J connectivity index is 1.97. The molecule has 0 aliphatic rings. The van der Waals surface area contributed by atoms with Crippen LogP contribution in [0.15, 0.2) is 36.4 Å². The molecular formula is C18H20N2O6. The summed E-state index contributed by atoms with van der Waals surface area (Å²) < 4.78 is 0. The maximum atomic E-state index is 12.3. The minimum atomic E-state index is -0.385. The predicted molar refractivity (Wildman–Crippen MR) is 93.5 cm³/mol. The quantitative estimate of drug-likeness (QED) is 0.597. The Morgan fingerprint density at radius 1 is 0.692 bits per heavy atom. The van der Waals surface area contributed by atoms with E-state index in [2.05, 4.69) is 0 Å². The molecule has 0 atom stereocenters. The van der Waals surface area contributed by atoms with Crippen LogP contribution in [0.4, 0.5) is 0 Å². The number of carbonyl (C=O) groups is 2. The predicted octanol–water partition coefficient (Wildman–Crippen LogP) is 1.35. The maximum Gasteiger partial charge on any atom is 0.253 e. The molecule has 0 spiro atoms. The van der Waals surface area contributed by atoms with Crippen LogP contribution >= 0.6 is 0 Å². The monoisotopic (exact) mass is 360 g/mol. The Kier molecular flexibility index (Phi) is 5.56. The molecule has 2 aromatic carbocycles. The summed E-state index contributed by atoms with van der Waals surface area (Å²) in [6.07, 6.45) is 0. The molecule has 0 unspecified atom stereocenters. The zero-order chi connectivity index (χ0) is 19.4. The molecule has 0 heterocycles. The molecule has 0 aliphatic heterocycles. The number of likely N-dealkylation sites (N-methyl/N-ethyl adjacent to an activating group) is 2. The molecule has 8 heteroatoms. The van der Waals surface area contributed by atoms with Crippen LogP contribution < -0.4 is 0 Å². The third kappa shape index (κ3) is 4.15. The minimum absolute atomic E-state index is 0.209. The topological polar surface area (TPSA) is 122 Å². The summed E-state index contributed by atoms with van der Waals surface area (Å²) in [7, 11) is 3.11. The second-order valence-electron chi connectivity index (χ2n) is 5.86. The molecule has 0 saturated heterocycles. The van der Waals surface area contributed by atoms with Crippen molar-refractivity contribution >= 4 is 11.8 Å². The van der Waals surface area contributed by atoms with Crippen LogP contribution in [0.2, 0.25) is 0 Å². The van der Waals surface area contributed by atoms with Crippen LogP contribution in [0.1, 0.15) is 20.7 Å². The highest BCUT2D eigenvalue weighted by molar-refractivity contribution is 5.95. The van der Waals surface area contributed by atoms with E-state index in [9.17, 15) is 30.0 Å². The lowest BCUT2D eigenvalue weighted by atomic mass is 10.1. The Labute approximate surface area is 150 Å². The van der Waals surface area contributed by atoms with Gasteiger partial charge in [0.05, 0.1) is 0 Å². The second-order valence-corrected chi connectivity index (χ2v) is 5.86. The zero-order valence-electron chi connectivity index (χ0n) is 14.4. The van der Waals surface area contributed by atoms with Gasteiger partial charge in [0.25, 0.3) is 11.8 Å². The summed E-state index contributed by atoms with van der Waals surface area (Å²) in [6.45, 7) is 0.458. The lowest BCUT2D eigenvalue weighted by molar-refractivity contribution is 0.0718. The van der Waals surface area contributed by atoms with E-state index in [-0.39, 0.29) is 59.0 Å². The van der Waals surface area contributed by atoms with E-state index in [4.69, 9.17) is 0 Å². The van der Waals surface area contributed by atoms with Gasteiger partial charge >= 0.3 is 0 Å². The first-order chi connectivity index (χ1) is 12.2. The fourth-order valence-electron chi connectivity index (χ4n) is 2.26. The van der Waals surface area contributed by atoms with E-state index in [1.807, 2.05) is 0 Å². The molecule has 0 bridgehead atoms. The van der Waals surface area contributed by atoms with Gasteiger partial charge in [-0.05, 0) is 36.4 Å². The summed E-state index contributed by atoms with van der Waals surface area (Å²) >= 11 is 0. The molecule has 2 rings (SSSR count). The van der Waals surface area contributed by atoms with E-state index in [1.54, 1.807) is 14.1 Å². The summed E-state index contributed by atoms with van der Waals surface area (Å²) in [5, 5.41) is 37.5. The van der Waals surface area contributed by atoms with Crippen molar-refractivity contribution in [1.29, 1.82) is 0 Å². The molecule has 2 aromatic rings. The first-order valence-electron chi connectivity index (χ1n) is 7.75. The van der Waals surface area contributed by atoms with E-state index in [0.717, 1.165) is 0 Å². The van der Waals surface area contributed by atoms with Gasteiger partial charge in [-0.1, -0.05) is 0 Å². The highest BCUT2D eigenvalue weighted by Crippen LogP contribution is 2.26. The highest BCUT2D eigenvalue weighted by atomic mass is 16.3. The maximum absolute atomic E-state index is 12.3. The van der Waals surface area contributed by atoms with Crippen LogP contribution in [0.5, 0.6) is 23.0 Å². The molecule has 8 nitrogen and oxygen atoms in total. The van der Waals surface area contributed by atoms with Crippen molar-refractivity contribution in [3.63, 3.8) is 0 Å². The van der Waals surface area contributed by atoms with E-state index in [0.29, 0.717) is 0 Å². The van der Waals surface area contributed by atoms with Crippen LogP contribution in [-0.2, 0) is 0 Å². The average molecular weight is 360 g/mol. The number of hydrogen-bond acceptors (Lipinski definition) is 6. The smallest absolute Gasteiger partial charge is 0.253 e. The summed E-state index contributed by atoms with van der Waals surface area (Å²) in [6, 6.07) is 7.57. The van der Waals surface area contributed by atoms with Gasteiger partial charge in [-0.3, -0.25) is 9.59 Å². The number of aromatic hydroxyl groups is 4. The molecule has 0 aliphatic carbocycles. The fourth-order valence-corrected chi connectivity index (χ4v) is 2.26. The fraction of sp³-hybridized carbons (Fsp3) is 0.222. The van der Waals surface area contributed by atoms with Crippen molar-refractivity contribution in [2.75, 3.05) is 27.2 Å². The number of phenols is 4. The molecule has 0 fully saturated rings. The van der Waals surface area contributed by atoms with Gasteiger partial charge in [-0.15, -0.1) is 0 Å². The first kappa shape index (κ1) is 18.9. The van der Waals surface area contributed by atoms with Crippen LogP contribution in [-0.4, -0.2) is 69.2 Å². The number of hydrogen-bond donors (Lipinski definition) is 4. The van der Waals surface area contributed by atoms with Gasteiger partial charge in [0.2, 0.25) is 0 Å². The number of phenolic OH excluding ortho intramolecular Hbond substituents is 4. The molecule has 26 heavy (non-hydrogen) atoms. The van der Waals surface area contributed by atoms with Crippen molar-refractivity contribution in [3.05, 3.63) is 47.5 Å². The van der Waals surface area contributed by atoms with Crippen LogP contribution in [0, 0.1) is 0 Å². The number of rotatable bonds is 5. The molecule has 0 radical (unpaired) electrons. The van der Waals surface area contributed by atoms with Crippen molar-refractivity contribution in [1.82, 2.24) is 9.80 Å². The van der Waals surface area contributed by atoms with Crippen molar-refractivity contribution in [3.8, 4) is 23.0 Å². The molecule has 0 aromatic heterocycles. The Hall–Kier alpha value is -3.42. The van der Waals surface area contributed by atoms with E-state index in [1.165, 1.54) is 46.2 Å². The van der Waals surface area contributed by atoms with Crippen molar-refractivity contribution in [2.45, 2.75) is 0 Å². The third-order valence-electron chi connectivity index (χ3n) is 3.91. The molecule has 2 amide bonds. The third-order valence-corrected chi connectivity index (χ3v) is 3.91. The second kappa shape index (κ2) is 7.64. The average Bonchev–Trinajstić information content (AvgIpc) is 2.62. The molecular weight excluding hydrogens is 340 g/mol. The largest absolute Gasteiger partial charge is 0.504 e. The minimum Gasteiger partial charge on any atom is -0.504 e. The Morgan fingerprint density at radius 3 is 1.35 bits per heavy atom. The number of nitrogens with zero attached hydrogens (tertiary/aromatic N) is 2. The Morgan fingerprint density at radius 2 is 1.04 bits per heavy atom. The lowest BCUT2D eigenvalue weighted by Crippen LogP contribution is -2.37. The van der Waals surface area contributed by atoms with Gasteiger partial charge in [-0.25, -0.2) is 0 Å². The van der Waals surface area contributed by atoms with Gasteiger partial charge in [-0.2, -0.15) is 0 Å². The van der Waals surface area contributed by atoms with Crippen molar-refractivity contribution < 1.29 is 30.0 Å². The number of benzene rings is 2. The van der Waals surface area contributed by atoms with E-state index < -0.39 is 0 Å². The first-order valence-corrected chi connectivity index (χ1v) is 7.75. The summed E-state index contributed by atoms with van der Waals surface area (Å²) in [5.74, 6) is -2.14. The summed E-state index contributed by atoms with van der Waals surface area (Å²) in [5.41, 5.74) is 0.417. The SMILES string of the molecule is CN(CCN(C)C(=O)c1ccc(O)c(O)c1)C(=O)c1ccc(O)c(O)c1. The van der Waals surface area contributed by atoms with Crippen molar-refractivity contribution in [2.24, 2.45) is 0 Å². The number of carbonyl (C=O) groups excluding carboxylic acids is 2. The van der Waals surface area contributed by atoms with Crippen LogP contribution in [0.25, 0.3) is 0 Å². The molecule has 138 valence electrons. The van der Waals surface area contributed by atoms with E-state index >= 15 is 0 Å². The molecule has 0 saturated carbocycles. The van der Waals surface area contributed by atoms with Gasteiger partial charge in [0.15, 0.2) is 23.0 Å². The normalized spacial score (nSPS) is 10.4. The van der Waals surface area contributed by atoms with Gasteiger partial charge in [0.1, 0.15) is 0 Å². The standard InChI is InChI=1S/C18H20N2O6/c1-19(17(25)11-3-5-13(21)15(23)9-11)7-8-20(2)18(26)12-4-6-14(22)16(24)10-12/h3-6,9-10,21-24H,7-8H2,1-2H3. The van der Waals surface area contributed by atoms with Crippen LogP contribution in [0.3, 0.4) is 0 Å². The number of amides is 2. The van der Waals surface area contributed by atoms with Gasteiger partial charge in [0, 0.05) is 38.3 Å². The highest BCUT2D eigenvalue weighted by Gasteiger charge is 2.17. The zero-order valence-corrected chi connectivity index (χ0v) is 14.4. The summed E-state index contributed by atoms with van der Waals surface area (Å²) in [4.78, 5) is 27.4. The Bertz CT molecular complexity index is 767.